The van der Waals surface area contributed by atoms with Crippen molar-refractivity contribution in [2.45, 2.75) is 18.8 Å². The molecule has 1 fully saturated rings. The Balaban J connectivity index is 1.90. The van der Waals surface area contributed by atoms with E-state index in [1.807, 2.05) is 17.0 Å². The van der Waals surface area contributed by atoms with Gasteiger partial charge in [-0.1, -0.05) is 12.1 Å². The predicted octanol–water partition coefficient (Wildman–Crippen LogP) is 1.53. The fourth-order valence-electron chi connectivity index (χ4n) is 2.38. The molecule has 4 nitrogen and oxygen atoms in total. The minimum atomic E-state index is -0.740. The molecule has 3 N–H and O–H groups in total. The number of piperidine rings is 1. The number of benzene rings is 1. The van der Waals surface area contributed by atoms with Gasteiger partial charge in [-0.3, -0.25) is 9.69 Å². The largest absolute Gasteiger partial charge is 0.480 e. The van der Waals surface area contributed by atoms with Gasteiger partial charge in [0.25, 0.3) is 0 Å². The van der Waals surface area contributed by atoms with Crippen molar-refractivity contribution in [2.24, 2.45) is 0 Å². The van der Waals surface area contributed by atoms with Crippen molar-refractivity contribution in [1.29, 1.82) is 0 Å². The van der Waals surface area contributed by atoms with Crippen molar-refractivity contribution in [1.82, 2.24) is 4.90 Å². The molecule has 2 rings (SSSR count). The smallest absolute Gasteiger partial charge is 0.317 e. The number of carboxylic acid groups (broad SMARTS) is 1. The summed E-state index contributed by atoms with van der Waals surface area (Å²) in [6, 6.07) is 8.01. The van der Waals surface area contributed by atoms with E-state index in [1.165, 1.54) is 5.56 Å². The molecule has 0 radical (unpaired) electrons. The summed E-state index contributed by atoms with van der Waals surface area (Å²) >= 11 is 0. The third-order valence-corrected chi connectivity index (χ3v) is 3.35. The van der Waals surface area contributed by atoms with Crippen LogP contribution >= 0.6 is 0 Å². The van der Waals surface area contributed by atoms with Gasteiger partial charge in [-0.25, -0.2) is 0 Å². The average Bonchev–Trinajstić information content (AvgIpc) is 2.30. The normalized spacial score (nSPS) is 18.1. The maximum absolute atomic E-state index is 10.6. The minimum Gasteiger partial charge on any atom is -0.480 e. The van der Waals surface area contributed by atoms with Crippen molar-refractivity contribution in [3.8, 4) is 0 Å². The maximum Gasteiger partial charge on any atom is 0.317 e. The molecule has 1 aliphatic rings. The van der Waals surface area contributed by atoms with E-state index in [1.54, 1.807) is 0 Å². The zero-order chi connectivity index (χ0) is 12.3. The van der Waals surface area contributed by atoms with E-state index in [4.69, 9.17) is 10.8 Å². The van der Waals surface area contributed by atoms with Gasteiger partial charge in [-0.2, -0.15) is 0 Å². The van der Waals surface area contributed by atoms with Crippen LogP contribution < -0.4 is 5.73 Å². The van der Waals surface area contributed by atoms with E-state index in [9.17, 15) is 4.79 Å². The van der Waals surface area contributed by atoms with E-state index in [2.05, 4.69) is 12.1 Å². The van der Waals surface area contributed by atoms with Crippen LogP contribution in [0.3, 0.4) is 0 Å². The summed E-state index contributed by atoms with van der Waals surface area (Å²) in [5.41, 5.74) is 7.76. The number of nitrogen functional groups attached to an aromatic ring is 1. The number of aliphatic carboxylic acids is 1. The zero-order valence-corrected chi connectivity index (χ0v) is 9.80. The standard InChI is InChI=1S/C13H18N2O2/c14-12-3-1-10(2-4-12)11-5-7-15(8-6-11)9-13(16)17/h1-4,11H,5-9,14H2,(H,16,17). The van der Waals surface area contributed by atoms with Gasteiger partial charge >= 0.3 is 5.97 Å². The van der Waals surface area contributed by atoms with Gasteiger partial charge in [-0.15, -0.1) is 0 Å². The first-order valence-electron chi connectivity index (χ1n) is 5.95. The first-order valence-corrected chi connectivity index (χ1v) is 5.95. The van der Waals surface area contributed by atoms with Gasteiger partial charge in [0.1, 0.15) is 0 Å². The van der Waals surface area contributed by atoms with Crippen LogP contribution in [0, 0.1) is 0 Å². The first-order chi connectivity index (χ1) is 8.15. The Morgan fingerprint density at radius 2 is 1.88 bits per heavy atom. The molecule has 0 unspecified atom stereocenters. The monoisotopic (exact) mass is 234 g/mol. The number of hydrogen-bond donors (Lipinski definition) is 2. The molecule has 1 aliphatic heterocycles. The lowest BCUT2D eigenvalue weighted by atomic mass is 9.89. The summed E-state index contributed by atoms with van der Waals surface area (Å²) in [7, 11) is 0. The maximum atomic E-state index is 10.6. The molecule has 1 aromatic carbocycles. The highest BCUT2D eigenvalue weighted by Gasteiger charge is 2.21. The molecule has 1 aromatic rings. The number of likely N-dealkylation sites (tertiary alicyclic amines) is 1. The molecule has 0 bridgehead atoms. The van der Waals surface area contributed by atoms with E-state index in [0.717, 1.165) is 31.6 Å². The van der Waals surface area contributed by atoms with Crippen molar-refractivity contribution < 1.29 is 9.90 Å². The number of nitrogens with zero attached hydrogens (tertiary/aromatic N) is 1. The molecular formula is C13H18N2O2. The Hall–Kier alpha value is -1.55. The predicted molar refractivity (Wildman–Crippen MR) is 66.9 cm³/mol. The Morgan fingerprint density at radius 3 is 2.41 bits per heavy atom. The zero-order valence-electron chi connectivity index (χ0n) is 9.80. The van der Waals surface area contributed by atoms with Crippen LogP contribution in [-0.2, 0) is 4.79 Å². The number of nitrogens with two attached hydrogens (primary N) is 1. The molecule has 0 amide bonds. The molecule has 0 saturated carbocycles. The number of carboxylic acids is 1. The molecule has 17 heavy (non-hydrogen) atoms. The van der Waals surface area contributed by atoms with Crippen LogP contribution in [0.15, 0.2) is 24.3 Å². The number of carbonyl (C=O) groups is 1. The molecule has 0 atom stereocenters. The first kappa shape index (κ1) is 11.9. The van der Waals surface area contributed by atoms with Gasteiger partial charge in [0.05, 0.1) is 6.54 Å². The lowest BCUT2D eigenvalue weighted by Crippen LogP contribution is -2.36. The second kappa shape index (κ2) is 5.19. The van der Waals surface area contributed by atoms with Gasteiger partial charge in [-0.05, 0) is 49.5 Å². The Labute approximate surface area is 101 Å². The van der Waals surface area contributed by atoms with Crippen molar-refractivity contribution in [2.75, 3.05) is 25.4 Å². The van der Waals surface area contributed by atoms with Crippen LogP contribution in [0.5, 0.6) is 0 Å². The summed E-state index contributed by atoms with van der Waals surface area (Å²) < 4.78 is 0. The molecule has 0 aliphatic carbocycles. The quantitative estimate of drug-likeness (QED) is 0.778. The topological polar surface area (TPSA) is 66.6 Å². The highest BCUT2D eigenvalue weighted by Crippen LogP contribution is 2.28. The summed E-state index contributed by atoms with van der Waals surface area (Å²) in [5.74, 6) is -0.198. The fraction of sp³-hybridized carbons (Fsp3) is 0.462. The molecule has 0 spiro atoms. The van der Waals surface area contributed by atoms with Crippen LogP contribution in [0.4, 0.5) is 5.69 Å². The summed E-state index contributed by atoms with van der Waals surface area (Å²) in [6.45, 7) is 1.89. The third kappa shape index (κ3) is 3.20. The second-order valence-corrected chi connectivity index (χ2v) is 4.61. The van der Waals surface area contributed by atoms with Gasteiger partial charge in [0.15, 0.2) is 0 Å². The van der Waals surface area contributed by atoms with E-state index in [0.29, 0.717) is 5.92 Å². The third-order valence-electron chi connectivity index (χ3n) is 3.35. The number of hydrogen-bond acceptors (Lipinski definition) is 3. The van der Waals surface area contributed by atoms with E-state index < -0.39 is 5.97 Å². The summed E-state index contributed by atoms with van der Waals surface area (Å²) in [6.07, 6.45) is 2.05. The van der Waals surface area contributed by atoms with Crippen molar-refractivity contribution in [3.05, 3.63) is 29.8 Å². The molecule has 4 heteroatoms. The van der Waals surface area contributed by atoms with Gasteiger partial charge in [0.2, 0.25) is 0 Å². The second-order valence-electron chi connectivity index (χ2n) is 4.61. The molecule has 92 valence electrons. The van der Waals surface area contributed by atoms with Crippen LogP contribution in [0.2, 0.25) is 0 Å². The lowest BCUT2D eigenvalue weighted by molar-refractivity contribution is -0.138. The highest BCUT2D eigenvalue weighted by molar-refractivity contribution is 5.69. The molecule has 1 heterocycles. The van der Waals surface area contributed by atoms with Gasteiger partial charge < -0.3 is 10.8 Å². The Kier molecular flexibility index (Phi) is 3.64. The van der Waals surface area contributed by atoms with Crippen LogP contribution in [-0.4, -0.2) is 35.6 Å². The summed E-state index contributed by atoms with van der Waals surface area (Å²) in [5, 5.41) is 8.72. The lowest BCUT2D eigenvalue weighted by Gasteiger charge is -2.31. The van der Waals surface area contributed by atoms with E-state index in [-0.39, 0.29) is 6.54 Å². The Bertz CT molecular complexity index is 381. The minimum absolute atomic E-state index is 0.161. The van der Waals surface area contributed by atoms with Crippen molar-refractivity contribution in [3.63, 3.8) is 0 Å². The number of rotatable bonds is 3. The molecule has 0 aromatic heterocycles. The van der Waals surface area contributed by atoms with Gasteiger partial charge in [0, 0.05) is 5.69 Å². The Morgan fingerprint density at radius 1 is 1.29 bits per heavy atom. The average molecular weight is 234 g/mol. The number of anilines is 1. The highest BCUT2D eigenvalue weighted by atomic mass is 16.4. The van der Waals surface area contributed by atoms with Crippen LogP contribution in [0.1, 0.15) is 24.3 Å². The van der Waals surface area contributed by atoms with Crippen molar-refractivity contribution >= 4 is 11.7 Å². The summed E-state index contributed by atoms with van der Waals surface area (Å²) in [4.78, 5) is 12.6. The molecular weight excluding hydrogens is 216 g/mol. The van der Waals surface area contributed by atoms with E-state index >= 15 is 0 Å². The fourth-order valence-corrected chi connectivity index (χ4v) is 2.38. The van der Waals surface area contributed by atoms with Crippen LogP contribution in [0.25, 0.3) is 0 Å². The molecule has 1 saturated heterocycles. The SMILES string of the molecule is Nc1ccc(C2CCN(CC(=O)O)CC2)cc1.